The van der Waals surface area contributed by atoms with Gasteiger partial charge in [-0.2, -0.15) is 26.3 Å². The largest absolute Gasteiger partial charge is 0.490 e. The number of rotatable bonds is 6. The highest BCUT2D eigenvalue weighted by Crippen LogP contribution is 2.36. The average Bonchev–Trinajstić information content (AvgIpc) is 2.87. The number of alkyl halides is 6. The van der Waals surface area contributed by atoms with Crippen molar-refractivity contribution in [1.29, 1.82) is 0 Å². The lowest BCUT2D eigenvalue weighted by molar-refractivity contribution is -0.192. The Bertz CT molecular complexity index is 1260. The number of nitrogens with one attached hydrogen (secondary N) is 2. The summed E-state index contributed by atoms with van der Waals surface area (Å²) in [7, 11) is -3.38. The van der Waals surface area contributed by atoms with E-state index in [0.717, 1.165) is 37.9 Å². The van der Waals surface area contributed by atoms with Crippen molar-refractivity contribution >= 4 is 33.3 Å². The van der Waals surface area contributed by atoms with Crippen molar-refractivity contribution in [3.63, 3.8) is 0 Å². The quantitative estimate of drug-likeness (QED) is 0.382. The summed E-state index contributed by atoms with van der Waals surface area (Å²) in [5.74, 6) is -3.53. The lowest BCUT2D eigenvalue weighted by Gasteiger charge is -2.32. The van der Waals surface area contributed by atoms with Crippen LogP contribution in [0.4, 0.5) is 26.3 Å². The lowest BCUT2D eigenvalue weighted by Crippen LogP contribution is -2.46. The van der Waals surface area contributed by atoms with Crippen molar-refractivity contribution in [2.24, 2.45) is 0 Å². The standard InChI is InChI=1S/C22H24ClF3N2O3S.C2HF3O2/c1-2-32(30,31)15-11-9-14(10-12-15)20(18-8-3-4-13-27-18)28-21(29)16-6-5-7-17(19(16)23)22(24,25)26;3-2(4,5)1(6)7/h5-7,9-12,18,20,27H,2-4,8,13H2,1H3,(H,28,29);(H,6,7)/t18-,20-;/m1./s1. The highest BCUT2D eigenvalue weighted by molar-refractivity contribution is 7.91. The number of carbonyl (C=O) groups is 2. The zero-order valence-electron chi connectivity index (χ0n) is 20.4. The maximum absolute atomic E-state index is 13.2. The number of piperidine rings is 1. The van der Waals surface area contributed by atoms with E-state index < -0.39 is 50.7 Å². The van der Waals surface area contributed by atoms with Gasteiger partial charge in [-0.05, 0) is 49.2 Å². The Balaban J connectivity index is 0.000000673. The number of carboxylic acids is 1. The molecule has 1 fully saturated rings. The molecule has 2 aromatic carbocycles. The first-order valence-corrected chi connectivity index (χ1v) is 13.5. The van der Waals surface area contributed by atoms with Gasteiger partial charge in [0, 0.05) is 6.04 Å². The smallest absolute Gasteiger partial charge is 0.475 e. The van der Waals surface area contributed by atoms with Gasteiger partial charge >= 0.3 is 18.3 Å². The van der Waals surface area contributed by atoms with Crippen LogP contribution in [0.25, 0.3) is 0 Å². The van der Waals surface area contributed by atoms with Gasteiger partial charge in [0.05, 0.1) is 32.8 Å². The maximum atomic E-state index is 13.2. The van der Waals surface area contributed by atoms with Gasteiger partial charge in [-0.1, -0.05) is 43.1 Å². The third-order valence-electron chi connectivity index (χ3n) is 5.81. The molecule has 39 heavy (non-hydrogen) atoms. The van der Waals surface area contributed by atoms with E-state index in [0.29, 0.717) is 5.56 Å². The zero-order valence-corrected chi connectivity index (χ0v) is 21.9. The van der Waals surface area contributed by atoms with Gasteiger partial charge in [-0.15, -0.1) is 0 Å². The van der Waals surface area contributed by atoms with Gasteiger partial charge in [0.1, 0.15) is 0 Å². The van der Waals surface area contributed by atoms with Gasteiger partial charge in [0.25, 0.3) is 5.91 Å². The summed E-state index contributed by atoms with van der Waals surface area (Å²) < 4.78 is 95.5. The molecular weight excluding hydrogens is 578 g/mol. The molecule has 0 radical (unpaired) electrons. The van der Waals surface area contributed by atoms with E-state index in [9.17, 15) is 39.6 Å². The fourth-order valence-corrected chi connectivity index (χ4v) is 4.98. The maximum Gasteiger partial charge on any atom is 0.490 e. The predicted molar refractivity (Wildman–Crippen MR) is 130 cm³/mol. The van der Waals surface area contributed by atoms with Crippen molar-refractivity contribution in [2.45, 2.75) is 55.5 Å². The Kier molecular flexibility index (Phi) is 10.8. The summed E-state index contributed by atoms with van der Waals surface area (Å²) in [6.07, 6.45) is -7.12. The Labute approximate surface area is 225 Å². The molecule has 0 saturated carbocycles. The molecule has 0 spiro atoms. The molecule has 3 N–H and O–H groups in total. The van der Waals surface area contributed by atoms with Crippen molar-refractivity contribution in [3.05, 3.63) is 64.2 Å². The number of sulfone groups is 1. The van der Waals surface area contributed by atoms with Crippen LogP contribution >= 0.6 is 11.6 Å². The number of aliphatic carboxylic acids is 1. The normalized spacial score (nSPS) is 17.0. The molecule has 1 aliphatic heterocycles. The van der Waals surface area contributed by atoms with Gasteiger partial charge in [0.15, 0.2) is 9.84 Å². The molecule has 1 saturated heterocycles. The van der Waals surface area contributed by atoms with E-state index in [-0.39, 0.29) is 22.3 Å². The van der Waals surface area contributed by atoms with E-state index in [4.69, 9.17) is 21.5 Å². The number of benzene rings is 2. The molecule has 1 amide bonds. The average molecular weight is 603 g/mol. The Morgan fingerprint density at radius 1 is 1.08 bits per heavy atom. The number of hydrogen-bond acceptors (Lipinski definition) is 5. The molecule has 2 aromatic rings. The van der Waals surface area contributed by atoms with Crippen molar-refractivity contribution in [3.8, 4) is 0 Å². The number of amides is 1. The molecule has 1 aliphatic rings. The van der Waals surface area contributed by atoms with Crippen LogP contribution in [0.3, 0.4) is 0 Å². The van der Waals surface area contributed by atoms with Gasteiger partial charge in [-0.25, -0.2) is 13.2 Å². The summed E-state index contributed by atoms with van der Waals surface area (Å²) in [5, 5.41) is 12.6. The van der Waals surface area contributed by atoms with Crippen LogP contribution < -0.4 is 10.6 Å². The second-order valence-electron chi connectivity index (χ2n) is 8.45. The van der Waals surface area contributed by atoms with Crippen LogP contribution in [0.1, 0.15) is 53.7 Å². The van der Waals surface area contributed by atoms with E-state index in [1.165, 1.54) is 18.2 Å². The number of hydrogen-bond donors (Lipinski definition) is 3. The highest BCUT2D eigenvalue weighted by atomic mass is 35.5. The second kappa shape index (κ2) is 13.0. The summed E-state index contributed by atoms with van der Waals surface area (Å²) in [4.78, 5) is 22.0. The second-order valence-corrected chi connectivity index (χ2v) is 11.1. The first kappa shape index (κ1) is 32.4. The molecule has 0 unspecified atom stereocenters. The Hall–Kier alpha value is -2.84. The first-order valence-electron chi connectivity index (χ1n) is 11.5. The minimum absolute atomic E-state index is 0.0370. The van der Waals surface area contributed by atoms with E-state index in [2.05, 4.69) is 10.6 Å². The molecule has 0 aromatic heterocycles. The lowest BCUT2D eigenvalue weighted by atomic mass is 9.92. The fraction of sp³-hybridized carbons (Fsp3) is 0.417. The van der Waals surface area contributed by atoms with Crippen LogP contribution in [-0.2, 0) is 20.8 Å². The van der Waals surface area contributed by atoms with Gasteiger partial charge < -0.3 is 15.7 Å². The predicted octanol–water partition coefficient (Wildman–Crippen LogP) is 5.40. The van der Waals surface area contributed by atoms with Crippen LogP contribution in [0.2, 0.25) is 5.02 Å². The minimum Gasteiger partial charge on any atom is -0.475 e. The zero-order chi connectivity index (χ0) is 29.6. The Morgan fingerprint density at radius 2 is 1.67 bits per heavy atom. The van der Waals surface area contributed by atoms with Gasteiger partial charge in [-0.3, -0.25) is 4.79 Å². The van der Waals surface area contributed by atoms with Crippen molar-refractivity contribution < 1.29 is 49.5 Å². The molecule has 216 valence electrons. The molecule has 0 bridgehead atoms. The number of carboxylic acid groups (broad SMARTS) is 1. The van der Waals surface area contributed by atoms with E-state index >= 15 is 0 Å². The summed E-state index contributed by atoms with van der Waals surface area (Å²) >= 11 is 5.93. The summed E-state index contributed by atoms with van der Waals surface area (Å²) in [6.45, 7) is 2.29. The van der Waals surface area contributed by atoms with Crippen molar-refractivity contribution in [1.82, 2.24) is 10.6 Å². The molecule has 1 heterocycles. The molecule has 0 aliphatic carbocycles. The first-order chi connectivity index (χ1) is 18.0. The van der Waals surface area contributed by atoms with Crippen LogP contribution in [-0.4, -0.2) is 49.9 Å². The molecule has 15 heteroatoms. The molecular formula is C24H25ClF6N2O5S. The van der Waals surface area contributed by atoms with Gasteiger partial charge in [0.2, 0.25) is 0 Å². The topological polar surface area (TPSA) is 113 Å². The minimum atomic E-state index is -5.08. The van der Waals surface area contributed by atoms with Crippen molar-refractivity contribution in [2.75, 3.05) is 12.3 Å². The summed E-state index contributed by atoms with van der Waals surface area (Å²) in [5.41, 5.74) is -0.698. The summed E-state index contributed by atoms with van der Waals surface area (Å²) in [6, 6.07) is 8.68. The SMILES string of the molecule is CCS(=O)(=O)c1ccc([C@@H](NC(=O)c2cccc(C(F)(F)F)c2Cl)[C@H]2CCCCN2)cc1.O=C(O)C(F)(F)F. The van der Waals surface area contributed by atoms with Crippen LogP contribution in [0.5, 0.6) is 0 Å². The number of carbonyl (C=O) groups excluding carboxylic acids is 1. The van der Waals surface area contributed by atoms with Crippen LogP contribution in [0.15, 0.2) is 47.4 Å². The molecule has 7 nitrogen and oxygen atoms in total. The number of halogens is 7. The fourth-order valence-electron chi connectivity index (χ4n) is 3.77. The Morgan fingerprint density at radius 3 is 2.13 bits per heavy atom. The van der Waals surface area contributed by atoms with E-state index in [1.807, 2.05) is 0 Å². The molecule has 2 atom stereocenters. The third-order valence-corrected chi connectivity index (χ3v) is 7.96. The third kappa shape index (κ3) is 8.83. The van der Waals surface area contributed by atoms with E-state index in [1.54, 1.807) is 19.1 Å². The van der Waals surface area contributed by atoms with Crippen LogP contribution in [0, 0.1) is 0 Å². The highest BCUT2D eigenvalue weighted by Gasteiger charge is 2.38. The monoisotopic (exact) mass is 602 g/mol. The molecule has 3 rings (SSSR count).